The van der Waals surface area contributed by atoms with E-state index in [1.165, 1.54) is 6.20 Å². The van der Waals surface area contributed by atoms with E-state index in [0.717, 1.165) is 12.3 Å². The van der Waals surface area contributed by atoms with E-state index in [2.05, 4.69) is 10.3 Å². The predicted octanol–water partition coefficient (Wildman–Crippen LogP) is 2.06. The molecule has 98 valence electrons. The van der Waals surface area contributed by atoms with Gasteiger partial charge in [0.25, 0.3) is 0 Å². The third-order valence-corrected chi connectivity index (χ3v) is 1.96. The first-order valence-corrected chi connectivity index (χ1v) is 4.83. The van der Waals surface area contributed by atoms with Gasteiger partial charge < -0.3 is 10.4 Å². The standard InChI is InChI=1S/C10H9F3N2O3/c11-10(12,13)3-1-8(16)15-7-5-14-4-2-6(7)9(17)18/h2,4-5H,1,3H2,(H,15,16)(H,17,18). The molecule has 0 unspecified atom stereocenters. The molecule has 0 aliphatic rings. The molecule has 0 atom stereocenters. The number of rotatable bonds is 4. The number of aromatic carboxylic acids is 1. The lowest BCUT2D eigenvalue weighted by Gasteiger charge is -2.08. The Labute approximate surface area is 99.6 Å². The summed E-state index contributed by atoms with van der Waals surface area (Å²) in [5.41, 5.74) is -0.359. The first kappa shape index (κ1) is 13.9. The van der Waals surface area contributed by atoms with Crippen LogP contribution in [0.3, 0.4) is 0 Å². The van der Waals surface area contributed by atoms with Crippen molar-refractivity contribution in [3.05, 3.63) is 24.0 Å². The molecule has 0 aliphatic carbocycles. The van der Waals surface area contributed by atoms with Crippen LogP contribution in [0.15, 0.2) is 18.5 Å². The van der Waals surface area contributed by atoms with Crippen LogP contribution in [-0.4, -0.2) is 28.1 Å². The van der Waals surface area contributed by atoms with Gasteiger partial charge in [0, 0.05) is 12.6 Å². The number of carboxylic acid groups (broad SMARTS) is 1. The first-order chi connectivity index (χ1) is 8.29. The topological polar surface area (TPSA) is 79.3 Å². The molecule has 0 spiro atoms. The molecule has 8 heteroatoms. The highest BCUT2D eigenvalue weighted by Gasteiger charge is 2.28. The Morgan fingerprint density at radius 3 is 2.61 bits per heavy atom. The van der Waals surface area contributed by atoms with Crippen molar-refractivity contribution in [3.63, 3.8) is 0 Å². The molecule has 2 N–H and O–H groups in total. The van der Waals surface area contributed by atoms with Crippen molar-refractivity contribution < 1.29 is 27.9 Å². The largest absolute Gasteiger partial charge is 0.478 e. The number of hydrogen-bond donors (Lipinski definition) is 2. The summed E-state index contributed by atoms with van der Waals surface area (Å²) in [6, 6.07) is 1.14. The molecule has 1 aromatic heterocycles. The molecule has 0 aliphatic heterocycles. The maximum absolute atomic E-state index is 11.9. The molecule has 0 saturated heterocycles. The van der Waals surface area contributed by atoms with Gasteiger partial charge in [-0.2, -0.15) is 13.2 Å². The number of carbonyl (C=O) groups is 2. The number of nitrogens with zero attached hydrogens (tertiary/aromatic N) is 1. The number of hydrogen-bond acceptors (Lipinski definition) is 3. The van der Waals surface area contributed by atoms with Crippen LogP contribution in [0, 0.1) is 0 Å². The summed E-state index contributed by atoms with van der Waals surface area (Å²) in [4.78, 5) is 25.6. The van der Waals surface area contributed by atoms with Crippen molar-refractivity contribution in [1.82, 2.24) is 4.98 Å². The second kappa shape index (κ2) is 5.48. The molecule has 1 amide bonds. The van der Waals surface area contributed by atoms with Gasteiger partial charge in [-0.1, -0.05) is 0 Å². The van der Waals surface area contributed by atoms with Crippen LogP contribution >= 0.6 is 0 Å². The minimum Gasteiger partial charge on any atom is -0.478 e. The Morgan fingerprint density at radius 2 is 2.06 bits per heavy atom. The summed E-state index contributed by atoms with van der Waals surface area (Å²) >= 11 is 0. The van der Waals surface area contributed by atoms with E-state index in [4.69, 9.17) is 5.11 Å². The highest BCUT2D eigenvalue weighted by molar-refractivity contribution is 6.00. The van der Waals surface area contributed by atoms with E-state index < -0.39 is 30.9 Å². The smallest absolute Gasteiger partial charge is 0.389 e. The zero-order valence-electron chi connectivity index (χ0n) is 8.99. The Kier molecular flexibility index (Phi) is 4.24. The molecule has 0 aromatic carbocycles. The van der Waals surface area contributed by atoms with Gasteiger partial charge in [-0.15, -0.1) is 0 Å². The molecule has 0 bridgehead atoms. The molecule has 1 aromatic rings. The van der Waals surface area contributed by atoms with E-state index in [-0.39, 0.29) is 11.3 Å². The highest BCUT2D eigenvalue weighted by atomic mass is 19.4. The van der Waals surface area contributed by atoms with E-state index in [9.17, 15) is 22.8 Å². The number of carboxylic acids is 1. The number of halogens is 3. The van der Waals surface area contributed by atoms with Crippen LogP contribution in [0.5, 0.6) is 0 Å². The predicted molar refractivity (Wildman–Crippen MR) is 55.1 cm³/mol. The van der Waals surface area contributed by atoms with Gasteiger partial charge in [0.1, 0.15) is 0 Å². The average molecular weight is 262 g/mol. The molecular formula is C10H9F3N2O3. The van der Waals surface area contributed by atoms with Crippen molar-refractivity contribution >= 4 is 17.6 Å². The van der Waals surface area contributed by atoms with Gasteiger partial charge in [0.2, 0.25) is 5.91 Å². The third kappa shape index (κ3) is 4.40. The van der Waals surface area contributed by atoms with Crippen molar-refractivity contribution in [2.24, 2.45) is 0 Å². The Morgan fingerprint density at radius 1 is 1.39 bits per heavy atom. The lowest BCUT2D eigenvalue weighted by Crippen LogP contribution is -2.18. The summed E-state index contributed by atoms with van der Waals surface area (Å²) in [6.45, 7) is 0. The number of aromatic nitrogens is 1. The number of nitrogens with one attached hydrogen (secondary N) is 1. The fourth-order valence-electron chi connectivity index (χ4n) is 1.15. The maximum Gasteiger partial charge on any atom is 0.389 e. The fourth-order valence-corrected chi connectivity index (χ4v) is 1.15. The second-order valence-electron chi connectivity index (χ2n) is 3.39. The molecule has 1 heterocycles. The zero-order valence-corrected chi connectivity index (χ0v) is 8.99. The fraction of sp³-hybridized carbons (Fsp3) is 0.300. The van der Waals surface area contributed by atoms with Crippen molar-refractivity contribution in [1.29, 1.82) is 0 Å². The first-order valence-electron chi connectivity index (χ1n) is 4.83. The van der Waals surface area contributed by atoms with E-state index in [0.29, 0.717) is 0 Å². The van der Waals surface area contributed by atoms with Gasteiger partial charge in [0.15, 0.2) is 0 Å². The van der Waals surface area contributed by atoms with Gasteiger partial charge in [-0.3, -0.25) is 9.78 Å². The SMILES string of the molecule is O=C(CCC(F)(F)F)Nc1cnccc1C(=O)O. The van der Waals surface area contributed by atoms with E-state index in [1.54, 1.807) is 0 Å². The molecule has 0 radical (unpaired) electrons. The minimum atomic E-state index is -4.43. The lowest BCUT2D eigenvalue weighted by atomic mass is 10.2. The van der Waals surface area contributed by atoms with Crippen LogP contribution in [-0.2, 0) is 4.79 Å². The lowest BCUT2D eigenvalue weighted by molar-refractivity contribution is -0.142. The quantitative estimate of drug-likeness (QED) is 0.870. The number of alkyl halides is 3. The van der Waals surface area contributed by atoms with Crippen molar-refractivity contribution in [3.8, 4) is 0 Å². The minimum absolute atomic E-state index is 0.128. The average Bonchev–Trinajstić information content (AvgIpc) is 2.26. The van der Waals surface area contributed by atoms with E-state index >= 15 is 0 Å². The van der Waals surface area contributed by atoms with Gasteiger partial charge in [0.05, 0.1) is 23.9 Å². The molecule has 0 saturated carbocycles. The number of anilines is 1. The monoisotopic (exact) mass is 262 g/mol. The zero-order chi connectivity index (χ0) is 13.8. The summed E-state index contributed by atoms with van der Waals surface area (Å²) in [6.07, 6.45) is -4.19. The normalized spacial score (nSPS) is 11.1. The molecule has 18 heavy (non-hydrogen) atoms. The van der Waals surface area contributed by atoms with Crippen molar-refractivity contribution in [2.45, 2.75) is 19.0 Å². The molecule has 1 rings (SSSR count). The molecule has 0 fully saturated rings. The third-order valence-electron chi connectivity index (χ3n) is 1.96. The number of amides is 1. The summed E-state index contributed by atoms with van der Waals surface area (Å²) in [7, 11) is 0. The van der Waals surface area contributed by atoms with Gasteiger partial charge in [-0.25, -0.2) is 4.79 Å². The van der Waals surface area contributed by atoms with Crippen molar-refractivity contribution in [2.75, 3.05) is 5.32 Å². The summed E-state index contributed by atoms with van der Waals surface area (Å²) < 4.78 is 35.6. The Bertz CT molecular complexity index is 460. The summed E-state index contributed by atoms with van der Waals surface area (Å²) in [5, 5.41) is 10.9. The van der Waals surface area contributed by atoms with Gasteiger partial charge in [-0.05, 0) is 6.07 Å². The highest BCUT2D eigenvalue weighted by Crippen LogP contribution is 2.22. The van der Waals surface area contributed by atoms with E-state index in [1.807, 2.05) is 0 Å². The number of carbonyl (C=O) groups excluding carboxylic acids is 1. The second-order valence-corrected chi connectivity index (χ2v) is 3.39. The Hall–Kier alpha value is -2.12. The Balaban J connectivity index is 2.68. The maximum atomic E-state index is 11.9. The number of pyridine rings is 1. The summed E-state index contributed by atoms with van der Waals surface area (Å²) in [5.74, 6) is -2.22. The van der Waals surface area contributed by atoms with Gasteiger partial charge >= 0.3 is 12.1 Å². The van der Waals surface area contributed by atoms with Crippen LogP contribution < -0.4 is 5.32 Å². The van der Waals surface area contributed by atoms with Crippen LogP contribution in [0.2, 0.25) is 0 Å². The molecular weight excluding hydrogens is 253 g/mol. The molecule has 5 nitrogen and oxygen atoms in total. The van der Waals surface area contributed by atoms with Crippen LogP contribution in [0.1, 0.15) is 23.2 Å². The van der Waals surface area contributed by atoms with Crippen LogP contribution in [0.4, 0.5) is 18.9 Å². The van der Waals surface area contributed by atoms with Crippen LogP contribution in [0.25, 0.3) is 0 Å².